The molecule has 0 aromatic heterocycles. The summed E-state index contributed by atoms with van der Waals surface area (Å²) in [6.07, 6.45) is 4.40. The van der Waals surface area contributed by atoms with Gasteiger partial charge in [0.2, 0.25) is 5.91 Å². The maximum Gasteiger partial charge on any atom is 0.338 e. The van der Waals surface area contributed by atoms with Crippen LogP contribution in [0.4, 0.5) is 5.69 Å². The predicted molar refractivity (Wildman–Crippen MR) is 90.6 cm³/mol. The smallest absolute Gasteiger partial charge is 0.338 e. The monoisotopic (exact) mass is 332 g/mol. The first kappa shape index (κ1) is 18.0. The van der Waals surface area contributed by atoms with Crippen molar-refractivity contribution in [3.63, 3.8) is 0 Å². The van der Waals surface area contributed by atoms with E-state index < -0.39 is 5.97 Å². The number of ether oxygens (including phenoxy) is 1. The fourth-order valence-corrected chi connectivity index (χ4v) is 2.92. The van der Waals surface area contributed by atoms with Crippen LogP contribution in [0.5, 0.6) is 0 Å². The molecule has 1 saturated carbocycles. The van der Waals surface area contributed by atoms with E-state index in [1.165, 1.54) is 19.4 Å². The Morgan fingerprint density at radius 2 is 1.96 bits per heavy atom. The molecule has 2 atom stereocenters. The van der Waals surface area contributed by atoms with Crippen LogP contribution in [0.25, 0.3) is 0 Å². The van der Waals surface area contributed by atoms with Crippen LogP contribution >= 0.6 is 0 Å². The average Bonchev–Trinajstić information content (AvgIpc) is 2.54. The van der Waals surface area contributed by atoms with Gasteiger partial charge in [0.25, 0.3) is 5.91 Å². The van der Waals surface area contributed by atoms with Gasteiger partial charge in [-0.2, -0.15) is 0 Å². The number of carbonyl (C=O) groups is 3. The van der Waals surface area contributed by atoms with E-state index in [-0.39, 0.29) is 24.5 Å². The van der Waals surface area contributed by atoms with Crippen molar-refractivity contribution in [2.24, 2.45) is 5.92 Å². The van der Waals surface area contributed by atoms with Gasteiger partial charge in [0, 0.05) is 18.7 Å². The molecule has 1 aliphatic rings. The molecule has 1 aromatic rings. The lowest BCUT2D eigenvalue weighted by atomic mass is 9.86. The summed E-state index contributed by atoms with van der Waals surface area (Å²) in [6.45, 7) is 3.22. The van der Waals surface area contributed by atoms with Crippen LogP contribution in [-0.4, -0.2) is 30.4 Å². The Hall–Kier alpha value is -2.37. The van der Waals surface area contributed by atoms with E-state index in [1.807, 2.05) is 0 Å². The summed E-state index contributed by atoms with van der Waals surface area (Å²) in [4.78, 5) is 35.0. The summed E-state index contributed by atoms with van der Waals surface area (Å²) >= 11 is 0. The van der Waals surface area contributed by atoms with Gasteiger partial charge in [-0.25, -0.2) is 4.79 Å². The highest BCUT2D eigenvalue weighted by Crippen LogP contribution is 2.23. The number of hydrogen-bond acceptors (Lipinski definition) is 4. The highest BCUT2D eigenvalue weighted by atomic mass is 16.5. The molecule has 0 saturated heterocycles. The molecule has 6 nitrogen and oxygen atoms in total. The fourth-order valence-electron chi connectivity index (χ4n) is 2.92. The van der Waals surface area contributed by atoms with Crippen molar-refractivity contribution in [1.82, 2.24) is 5.32 Å². The second-order valence-corrected chi connectivity index (χ2v) is 6.27. The van der Waals surface area contributed by atoms with Gasteiger partial charge in [0.1, 0.15) is 0 Å². The molecule has 24 heavy (non-hydrogen) atoms. The minimum atomic E-state index is -0.589. The van der Waals surface area contributed by atoms with E-state index in [0.29, 0.717) is 17.2 Å². The molecule has 130 valence electrons. The molecular weight excluding hydrogens is 308 g/mol. The second kappa shape index (κ2) is 8.47. The van der Waals surface area contributed by atoms with E-state index >= 15 is 0 Å². The lowest BCUT2D eigenvalue weighted by molar-refractivity contribution is -0.125. The molecule has 6 heteroatoms. The molecule has 0 radical (unpaired) electrons. The quantitative estimate of drug-likeness (QED) is 0.811. The van der Waals surface area contributed by atoms with Crippen molar-refractivity contribution in [3.05, 3.63) is 29.8 Å². The van der Waals surface area contributed by atoms with E-state index in [1.54, 1.807) is 18.2 Å². The first-order valence-corrected chi connectivity index (χ1v) is 8.30. The number of nitrogens with one attached hydrogen (secondary N) is 2. The Balaban J connectivity index is 1.83. The van der Waals surface area contributed by atoms with E-state index in [9.17, 15) is 14.4 Å². The SMILES string of the molecule is CC(=O)Nc1cccc(C(=O)OCC(=O)N[C@@H]2CCCC[C@H]2C)c1. The van der Waals surface area contributed by atoms with Crippen LogP contribution in [0, 0.1) is 5.92 Å². The maximum atomic E-state index is 12.0. The van der Waals surface area contributed by atoms with Crippen molar-refractivity contribution in [3.8, 4) is 0 Å². The molecule has 1 aliphatic carbocycles. The van der Waals surface area contributed by atoms with Crippen molar-refractivity contribution in [2.45, 2.75) is 45.6 Å². The maximum absolute atomic E-state index is 12.0. The third-order valence-electron chi connectivity index (χ3n) is 4.21. The largest absolute Gasteiger partial charge is 0.452 e. The Labute approximate surface area is 142 Å². The molecule has 2 amide bonds. The molecule has 0 bridgehead atoms. The number of amides is 2. The van der Waals surface area contributed by atoms with Crippen molar-refractivity contribution >= 4 is 23.5 Å². The highest BCUT2D eigenvalue weighted by Gasteiger charge is 2.23. The zero-order valence-electron chi connectivity index (χ0n) is 14.1. The highest BCUT2D eigenvalue weighted by molar-refractivity contribution is 5.94. The van der Waals surface area contributed by atoms with Crippen molar-refractivity contribution < 1.29 is 19.1 Å². The molecular formula is C18H24N2O4. The number of carbonyl (C=O) groups excluding carboxylic acids is 3. The van der Waals surface area contributed by atoms with Gasteiger partial charge in [-0.05, 0) is 37.0 Å². The van der Waals surface area contributed by atoms with Crippen LogP contribution < -0.4 is 10.6 Å². The zero-order valence-corrected chi connectivity index (χ0v) is 14.1. The first-order valence-electron chi connectivity index (χ1n) is 8.30. The molecule has 0 spiro atoms. The lowest BCUT2D eigenvalue weighted by Crippen LogP contribution is -2.42. The number of hydrogen-bond donors (Lipinski definition) is 2. The second-order valence-electron chi connectivity index (χ2n) is 6.27. The van der Waals surface area contributed by atoms with Gasteiger partial charge in [-0.15, -0.1) is 0 Å². The summed E-state index contributed by atoms with van der Waals surface area (Å²) in [7, 11) is 0. The predicted octanol–water partition coefficient (Wildman–Crippen LogP) is 2.50. The van der Waals surface area contributed by atoms with Gasteiger partial charge in [0.05, 0.1) is 5.56 Å². The Bertz CT molecular complexity index is 615. The van der Waals surface area contributed by atoms with E-state index in [0.717, 1.165) is 19.3 Å². The van der Waals surface area contributed by atoms with Crippen LogP contribution in [0.1, 0.15) is 49.9 Å². The number of esters is 1. The standard InChI is InChI=1S/C18H24N2O4/c1-12-6-3-4-9-16(12)20-17(22)11-24-18(23)14-7-5-8-15(10-14)19-13(2)21/h5,7-8,10,12,16H,3-4,6,9,11H2,1-2H3,(H,19,21)(H,20,22)/t12-,16-/m1/s1. The summed E-state index contributed by atoms with van der Waals surface area (Å²) in [5.74, 6) is -0.636. The van der Waals surface area contributed by atoms with Crippen LogP contribution in [-0.2, 0) is 14.3 Å². The van der Waals surface area contributed by atoms with Gasteiger partial charge >= 0.3 is 5.97 Å². The third-order valence-corrected chi connectivity index (χ3v) is 4.21. The number of rotatable bonds is 5. The topological polar surface area (TPSA) is 84.5 Å². The minimum absolute atomic E-state index is 0.160. The van der Waals surface area contributed by atoms with Crippen molar-refractivity contribution in [2.75, 3.05) is 11.9 Å². The minimum Gasteiger partial charge on any atom is -0.452 e. The summed E-state index contributed by atoms with van der Waals surface area (Å²) < 4.78 is 5.06. The molecule has 0 unspecified atom stereocenters. The Kier molecular flexibility index (Phi) is 6.35. The third kappa shape index (κ3) is 5.37. The first-order chi connectivity index (χ1) is 11.5. The molecule has 0 aliphatic heterocycles. The van der Waals surface area contributed by atoms with Gasteiger partial charge in [-0.3, -0.25) is 9.59 Å². The molecule has 1 aromatic carbocycles. The lowest BCUT2D eigenvalue weighted by Gasteiger charge is -2.29. The Morgan fingerprint density at radius 1 is 1.21 bits per heavy atom. The van der Waals surface area contributed by atoms with E-state index in [2.05, 4.69) is 17.6 Å². The van der Waals surface area contributed by atoms with Crippen LogP contribution in [0.2, 0.25) is 0 Å². The zero-order chi connectivity index (χ0) is 17.5. The molecule has 2 N–H and O–H groups in total. The van der Waals surface area contributed by atoms with Crippen molar-refractivity contribution in [1.29, 1.82) is 0 Å². The molecule has 1 fully saturated rings. The number of anilines is 1. The normalized spacial score (nSPS) is 20.1. The average molecular weight is 332 g/mol. The van der Waals surface area contributed by atoms with Gasteiger partial charge in [0.15, 0.2) is 6.61 Å². The fraction of sp³-hybridized carbons (Fsp3) is 0.500. The number of benzene rings is 1. The van der Waals surface area contributed by atoms with Gasteiger partial charge < -0.3 is 15.4 Å². The summed E-state index contributed by atoms with van der Waals surface area (Å²) in [5.41, 5.74) is 0.803. The summed E-state index contributed by atoms with van der Waals surface area (Å²) in [5, 5.41) is 5.54. The van der Waals surface area contributed by atoms with E-state index in [4.69, 9.17) is 4.74 Å². The van der Waals surface area contributed by atoms with Crippen LogP contribution in [0.15, 0.2) is 24.3 Å². The van der Waals surface area contributed by atoms with Gasteiger partial charge in [-0.1, -0.05) is 25.8 Å². The molecule has 0 heterocycles. The molecule has 2 rings (SSSR count). The Morgan fingerprint density at radius 3 is 2.67 bits per heavy atom. The van der Waals surface area contributed by atoms with Crippen LogP contribution in [0.3, 0.4) is 0 Å². The summed E-state index contributed by atoms with van der Waals surface area (Å²) in [6, 6.07) is 6.58.